The Morgan fingerprint density at radius 1 is 1.38 bits per heavy atom. The highest BCUT2D eigenvalue weighted by Gasteiger charge is 2.72. The zero-order chi connectivity index (χ0) is 16.1. The van der Waals surface area contributed by atoms with E-state index in [1.165, 1.54) is 12.8 Å². The van der Waals surface area contributed by atoms with Crippen LogP contribution >= 0.6 is 0 Å². The highest BCUT2D eigenvalue weighted by atomic mass is 16.5. The number of hydrogen-bond donors (Lipinski definition) is 1. The second-order valence-electron chi connectivity index (χ2n) is 7.85. The van der Waals surface area contributed by atoms with E-state index in [0.717, 1.165) is 6.42 Å². The van der Waals surface area contributed by atoms with Crippen molar-refractivity contribution < 1.29 is 9.53 Å². The average Bonchev–Trinajstić information content (AvgIpc) is 2.71. The van der Waals surface area contributed by atoms with Crippen LogP contribution in [0.1, 0.15) is 47.0 Å². The van der Waals surface area contributed by atoms with E-state index in [2.05, 4.69) is 39.8 Å². The third kappa shape index (κ3) is 1.91. The van der Waals surface area contributed by atoms with Gasteiger partial charge in [0.15, 0.2) is 0 Å². The van der Waals surface area contributed by atoms with E-state index in [1.54, 1.807) is 0 Å². The van der Waals surface area contributed by atoms with E-state index in [0.29, 0.717) is 19.1 Å². The normalized spacial score (nSPS) is 38.8. The molecule has 2 N–H and O–H groups in total. The Hall–Kier alpha value is -0.610. The van der Waals surface area contributed by atoms with Gasteiger partial charge in [-0.05, 0) is 57.0 Å². The van der Waals surface area contributed by atoms with E-state index in [4.69, 9.17) is 10.5 Å². The van der Waals surface area contributed by atoms with Gasteiger partial charge in [0.05, 0.1) is 12.5 Å². The zero-order valence-electron chi connectivity index (χ0n) is 14.5. The standard InChI is InChI=1S/C17H32N2O2/c1-7-21-14(20)13(11-18)17(19(5)6)10-12-8-9-16(17,4)15(12,2)3/h12-13H,7-11,18H2,1-6H3/t12-,13-,16-,17-/m0/s1. The lowest BCUT2D eigenvalue weighted by molar-refractivity contribution is -0.160. The highest BCUT2D eigenvalue weighted by Crippen LogP contribution is 2.72. The third-order valence-electron chi connectivity index (χ3n) is 7.13. The van der Waals surface area contributed by atoms with E-state index in [9.17, 15) is 4.79 Å². The summed E-state index contributed by atoms with van der Waals surface area (Å²) < 4.78 is 5.36. The molecule has 0 aromatic heterocycles. The fourth-order valence-corrected chi connectivity index (χ4v) is 5.57. The van der Waals surface area contributed by atoms with Crippen molar-refractivity contribution in [2.75, 3.05) is 27.2 Å². The first-order chi connectivity index (χ1) is 9.69. The second-order valence-corrected chi connectivity index (χ2v) is 7.85. The molecule has 2 fully saturated rings. The quantitative estimate of drug-likeness (QED) is 0.791. The molecule has 0 radical (unpaired) electrons. The van der Waals surface area contributed by atoms with E-state index in [-0.39, 0.29) is 28.3 Å². The van der Waals surface area contributed by atoms with Gasteiger partial charge in [-0.25, -0.2) is 0 Å². The molecule has 0 aromatic carbocycles. The van der Waals surface area contributed by atoms with Crippen molar-refractivity contribution in [1.29, 1.82) is 0 Å². The van der Waals surface area contributed by atoms with Gasteiger partial charge < -0.3 is 15.4 Å². The Labute approximate surface area is 129 Å². The molecule has 0 amide bonds. The van der Waals surface area contributed by atoms with Gasteiger partial charge in [0, 0.05) is 12.1 Å². The smallest absolute Gasteiger partial charge is 0.312 e. The Morgan fingerprint density at radius 2 is 2.00 bits per heavy atom. The molecule has 0 aliphatic heterocycles. The summed E-state index contributed by atoms with van der Waals surface area (Å²) in [6.45, 7) is 9.74. The van der Waals surface area contributed by atoms with Crippen LogP contribution < -0.4 is 5.73 Å². The Kier molecular flexibility index (Phi) is 4.18. The predicted molar refractivity (Wildman–Crippen MR) is 84.8 cm³/mol. The van der Waals surface area contributed by atoms with Gasteiger partial charge >= 0.3 is 5.97 Å². The van der Waals surface area contributed by atoms with Crippen LogP contribution in [0.15, 0.2) is 0 Å². The first kappa shape index (κ1) is 16.8. The highest BCUT2D eigenvalue weighted by molar-refractivity contribution is 5.75. The first-order valence-corrected chi connectivity index (χ1v) is 8.23. The topological polar surface area (TPSA) is 55.6 Å². The van der Waals surface area contributed by atoms with Crippen molar-refractivity contribution in [2.45, 2.75) is 52.5 Å². The maximum Gasteiger partial charge on any atom is 0.312 e. The number of carbonyl (C=O) groups is 1. The SMILES string of the molecule is CCOC(=O)[C@H](CN)[C@@]1(N(C)C)C[C@@H]2CC[C@@]1(C)C2(C)C. The van der Waals surface area contributed by atoms with Gasteiger partial charge in [0.1, 0.15) is 0 Å². The molecule has 2 saturated carbocycles. The van der Waals surface area contributed by atoms with Crippen LogP contribution in [0, 0.1) is 22.7 Å². The molecule has 4 nitrogen and oxygen atoms in total. The van der Waals surface area contributed by atoms with Crippen LogP contribution in [-0.2, 0) is 9.53 Å². The molecule has 0 saturated heterocycles. The number of esters is 1. The maximum atomic E-state index is 12.6. The van der Waals surface area contributed by atoms with Gasteiger partial charge in [0.25, 0.3) is 0 Å². The van der Waals surface area contributed by atoms with Crippen molar-refractivity contribution in [3.05, 3.63) is 0 Å². The van der Waals surface area contributed by atoms with Crippen molar-refractivity contribution in [2.24, 2.45) is 28.4 Å². The summed E-state index contributed by atoms with van der Waals surface area (Å²) in [7, 11) is 4.20. The third-order valence-corrected chi connectivity index (χ3v) is 7.13. The van der Waals surface area contributed by atoms with Crippen molar-refractivity contribution in [1.82, 2.24) is 4.90 Å². The Balaban J connectivity index is 2.51. The van der Waals surface area contributed by atoms with Crippen LogP contribution in [0.25, 0.3) is 0 Å². The summed E-state index contributed by atoms with van der Waals surface area (Å²) in [6.07, 6.45) is 3.47. The predicted octanol–water partition coefficient (Wildman–Crippen LogP) is 2.27. The monoisotopic (exact) mass is 296 g/mol. The molecule has 0 unspecified atom stereocenters. The van der Waals surface area contributed by atoms with Crippen LogP contribution in [0.4, 0.5) is 0 Å². The number of nitrogens with zero attached hydrogens (tertiary/aromatic N) is 1. The molecule has 2 aliphatic rings. The number of nitrogens with two attached hydrogens (primary N) is 1. The molecule has 2 bridgehead atoms. The fourth-order valence-electron chi connectivity index (χ4n) is 5.57. The lowest BCUT2D eigenvalue weighted by Gasteiger charge is -2.55. The molecule has 2 aliphatic carbocycles. The molecular weight excluding hydrogens is 264 g/mol. The molecule has 122 valence electrons. The van der Waals surface area contributed by atoms with Crippen molar-refractivity contribution in [3.8, 4) is 0 Å². The van der Waals surface area contributed by atoms with Gasteiger partial charge in [-0.2, -0.15) is 0 Å². The summed E-state index contributed by atoms with van der Waals surface area (Å²) >= 11 is 0. The van der Waals surface area contributed by atoms with Gasteiger partial charge in [-0.3, -0.25) is 4.79 Å². The summed E-state index contributed by atoms with van der Waals surface area (Å²) in [5, 5.41) is 0. The van der Waals surface area contributed by atoms with Crippen LogP contribution in [0.3, 0.4) is 0 Å². The van der Waals surface area contributed by atoms with Crippen molar-refractivity contribution >= 4 is 5.97 Å². The Bertz CT molecular complexity index is 421. The van der Waals surface area contributed by atoms with E-state index < -0.39 is 0 Å². The molecule has 0 aromatic rings. The number of ether oxygens (including phenoxy) is 1. The molecule has 2 rings (SSSR count). The van der Waals surface area contributed by atoms with Gasteiger partial charge in [0.2, 0.25) is 0 Å². The number of rotatable bonds is 5. The summed E-state index contributed by atoms with van der Waals surface area (Å²) in [4.78, 5) is 14.8. The fraction of sp³-hybridized carbons (Fsp3) is 0.941. The summed E-state index contributed by atoms with van der Waals surface area (Å²) in [5.41, 5.74) is 6.19. The lowest BCUT2D eigenvalue weighted by atomic mass is 9.58. The van der Waals surface area contributed by atoms with Crippen LogP contribution in [-0.4, -0.2) is 43.7 Å². The number of carbonyl (C=O) groups excluding carboxylic acids is 1. The Morgan fingerprint density at radius 3 is 2.33 bits per heavy atom. The number of fused-ring (bicyclic) bond motifs is 2. The van der Waals surface area contributed by atoms with E-state index >= 15 is 0 Å². The van der Waals surface area contributed by atoms with Crippen molar-refractivity contribution in [3.63, 3.8) is 0 Å². The minimum atomic E-state index is -0.248. The zero-order valence-corrected chi connectivity index (χ0v) is 14.5. The first-order valence-electron chi connectivity index (χ1n) is 8.23. The molecule has 4 heteroatoms. The average molecular weight is 296 g/mol. The minimum Gasteiger partial charge on any atom is -0.466 e. The van der Waals surface area contributed by atoms with Gasteiger partial charge in [-0.1, -0.05) is 20.8 Å². The lowest BCUT2D eigenvalue weighted by Crippen LogP contribution is -2.64. The summed E-state index contributed by atoms with van der Waals surface area (Å²) in [6, 6.07) is 0. The number of hydrogen-bond acceptors (Lipinski definition) is 4. The molecule has 0 spiro atoms. The van der Waals surface area contributed by atoms with Gasteiger partial charge in [-0.15, -0.1) is 0 Å². The second kappa shape index (κ2) is 5.24. The minimum absolute atomic E-state index is 0.0883. The largest absolute Gasteiger partial charge is 0.466 e. The molecule has 4 atom stereocenters. The summed E-state index contributed by atoms with van der Waals surface area (Å²) in [5.74, 6) is 0.286. The van der Waals surface area contributed by atoms with Crippen LogP contribution in [0.5, 0.6) is 0 Å². The van der Waals surface area contributed by atoms with Crippen LogP contribution in [0.2, 0.25) is 0 Å². The molecular formula is C17H32N2O2. The maximum absolute atomic E-state index is 12.6. The molecule has 0 heterocycles. The van der Waals surface area contributed by atoms with E-state index in [1.807, 2.05) is 6.92 Å². The molecule has 21 heavy (non-hydrogen) atoms.